The van der Waals surface area contributed by atoms with Crippen LogP contribution in [0.4, 0.5) is 11.6 Å². The van der Waals surface area contributed by atoms with Crippen LogP contribution in [-0.2, 0) is 17.7 Å². The van der Waals surface area contributed by atoms with Gasteiger partial charge in [-0.15, -0.1) is 0 Å². The van der Waals surface area contributed by atoms with Gasteiger partial charge in [0.1, 0.15) is 10.7 Å². The highest BCUT2D eigenvalue weighted by Crippen LogP contribution is 2.19. The second kappa shape index (κ2) is 6.72. The van der Waals surface area contributed by atoms with E-state index in [0.29, 0.717) is 18.9 Å². The van der Waals surface area contributed by atoms with Crippen LogP contribution < -0.4 is 5.32 Å². The molecule has 6 heteroatoms. The van der Waals surface area contributed by atoms with Gasteiger partial charge in [-0.2, -0.15) is 0 Å². The van der Waals surface area contributed by atoms with Crippen LogP contribution in [0.2, 0.25) is 0 Å². The van der Waals surface area contributed by atoms with Gasteiger partial charge >= 0.3 is 5.88 Å². The molecule has 106 valence electrons. The molecule has 0 aliphatic rings. The van der Waals surface area contributed by atoms with Crippen molar-refractivity contribution < 1.29 is 14.1 Å². The summed E-state index contributed by atoms with van der Waals surface area (Å²) in [7, 11) is 1.66. The van der Waals surface area contributed by atoms with Crippen molar-refractivity contribution in [1.82, 2.24) is 0 Å². The van der Waals surface area contributed by atoms with Gasteiger partial charge < -0.3 is 14.5 Å². The van der Waals surface area contributed by atoms with Crippen molar-refractivity contribution in [1.29, 1.82) is 0 Å². The number of para-hydroxylation sites is 1. The molecule has 1 N–H and O–H groups in total. The number of ether oxygens (including phenoxy) is 1. The van der Waals surface area contributed by atoms with Gasteiger partial charge in [0, 0.05) is 12.8 Å². The smallest absolute Gasteiger partial charge is 0.404 e. The van der Waals surface area contributed by atoms with E-state index in [9.17, 15) is 10.1 Å². The Hall–Kier alpha value is -2.34. The largest absolute Gasteiger partial charge is 0.433 e. The van der Waals surface area contributed by atoms with Crippen molar-refractivity contribution in [3.63, 3.8) is 0 Å². The van der Waals surface area contributed by atoms with Gasteiger partial charge in [-0.1, -0.05) is 18.2 Å². The molecular weight excluding hydrogens is 260 g/mol. The molecule has 0 saturated carbocycles. The summed E-state index contributed by atoms with van der Waals surface area (Å²) in [6.07, 6.45) is 0.804. The highest BCUT2D eigenvalue weighted by molar-refractivity contribution is 5.51. The summed E-state index contributed by atoms with van der Waals surface area (Å²) in [5.41, 5.74) is 2.11. The van der Waals surface area contributed by atoms with Gasteiger partial charge in [0.05, 0.1) is 19.2 Å². The summed E-state index contributed by atoms with van der Waals surface area (Å²) in [6, 6.07) is 10.8. The monoisotopic (exact) mass is 276 g/mol. The third-order valence-electron chi connectivity index (χ3n) is 2.87. The van der Waals surface area contributed by atoms with Crippen LogP contribution in [-0.4, -0.2) is 18.6 Å². The van der Waals surface area contributed by atoms with E-state index in [-0.39, 0.29) is 5.88 Å². The predicted molar refractivity (Wildman–Crippen MR) is 74.7 cm³/mol. The lowest BCUT2D eigenvalue weighted by atomic mass is 10.1. The number of hydrogen-bond donors (Lipinski definition) is 1. The van der Waals surface area contributed by atoms with Gasteiger partial charge in [0.2, 0.25) is 0 Å². The third kappa shape index (κ3) is 3.58. The molecule has 0 amide bonds. The van der Waals surface area contributed by atoms with E-state index in [1.807, 2.05) is 24.3 Å². The second-order valence-corrected chi connectivity index (χ2v) is 4.25. The molecule has 6 nitrogen and oxygen atoms in total. The highest BCUT2D eigenvalue weighted by atomic mass is 16.6. The summed E-state index contributed by atoms with van der Waals surface area (Å²) < 4.78 is 10.2. The minimum Gasteiger partial charge on any atom is -0.404 e. The molecule has 0 radical (unpaired) electrons. The highest BCUT2D eigenvalue weighted by Gasteiger charge is 2.11. The number of furan rings is 1. The molecule has 0 saturated heterocycles. The van der Waals surface area contributed by atoms with Gasteiger partial charge in [-0.05, 0) is 24.1 Å². The fourth-order valence-electron chi connectivity index (χ4n) is 1.86. The zero-order valence-corrected chi connectivity index (χ0v) is 11.2. The summed E-state index contributed by atoms with van der Waals surface area (Å²) in [5, 5.41) is 13.8. The Bertz CT molecular complexity index is 580. The molecule has 2 aromatic rings. The summed E-state index contributed by atoms with van der Waals surface area (Å²) >= 11 is 0. The molecule has 0 bridgehead atoms. The lowest BCUT2D eigenvalue weighted by molar-refractivity contribution is -0.402. The average Bonchev–Trinajstić information content (AvgIpc) is 2.93. The Morgan fingerprint density at radius 1 is 1.30 bits per heavy atom. The standard InChI is InChI=1S/C14H16N2O4/c1-19-9-8-11-4-2-3-5-13(11)15-10-12-6-7-14(20-12)16(17)18/h2-7,15H,8-10H2,1H3. The molecule has 20 heavy (non-hydrogen) atoms. The second-order valence-electron chi connectivity index (χ2n) is 4.25. The Morgan fingerprint density at radius 3 is 2.80 bits per heavy atom. The Balaban J connectivity index is 2.00. The van der Waals surface area contributed by atoms with Crippen molar-refractivity contribution >= 4 is 11.6 Å². The number of nitrogens with zero attached hydrogens (tertiary/aromatic N) is 1. The SMILES string of the molecule is COCCc1ccccc1NCc1ccc([N+](=O)[O-])o1. The maximum absolute atomic E-state index is 10.5. The number of nitrogens with one attached hydrogen (secondary N) is 1. The van der Waals surface area contributed by atoms with Gasteiger partial charge in [-0.3, -0.25) is 10.1 Å². The zero-order valence-electron chi connectivity index (χ0n) is 11.2. The summed E-state index contributed by atoms with van der Waals surface area (Å²) in [5.74, 6) is 0.285. The summed E-state index contributed by atoms with van der Waals surface area (Å²) in [6.45, 7) is 1.04. The van der Waals surface area contributed by atoms with E-state index in [0.717, 1.165) is 17.7 Å². The lowest BCUT2D eigenvalue weighted by Crippen LogP contribution is -2.03. The quantitative estimate of drug-likeness (QED) is 0.621. The van der Waals surface area contributed by atoms with Crippen LogP contribution in [0, 0.1) is 10.1 Å². The molecule has 0 aliphatic carbocycles. The van der Waals surface area contributed by atoms with E-state index in [2.05, 4.69) is 5.32 Å². The molecule has 0 unspecified atom stereocenters. The molecule has 0 aliphatic heterocycles. The van der Waals surface area contributed by atoms with Crippen molar-refractivity contribution in [2.45, 2.75) is 13.0 Å². The van der Waals surface area contributed by atoms with E-state index < -0.39 is 4.92 Å². The molecule has 1 heterocycles. The number of methoxy groups -OCH3 is 1. The lowest BCUT2D eigenvalue weighted by Gasteiger charge is -2.10. The number of anilines is 1. The van der Waals surface area contributed by atoms with Crippen molar-refractivity contribution in [3.05, 3.63) is 57.8 Å². The fraction of sp³-hybridized carbons (Fsp3) is 0.286. The molecule has 1 aromatic heterocycles. The van der Waals surface area contributed by atoms with Crippen LogP contribution in [0.5, 0.6) is 0 Å². The number of hydrogen-bond acceptors (Lipinski definition) is 5. The van der Waals surface area contributed by atoms with Gasteiger partial charge in [0.25, 0.3) is 0 Å². The first-order chi connectivity index (χ1) is 9.70. The number of nitro groups is 1. The molecule has 0 atom stereocenters. The van der Waals surface area contributed by atoms with Gasteiger partial charge in [-0.25, -0.2) is 0 Å². The van der Waals surface area contributed by atoms with Crippen LogP contribution in [0.1, 0.15) is 11.3 Å². The zero-order chi connectivity index (χ0) is 14.4. The molecule has 1 aromatic carbocycles. The molecular formula is C14H16N2O4. The van der Waals surface area contributed by atoms with Crippen LogP contribution in [0.3, 0.4) is 0 Å². The Morgan fingerprint density at radius 2 is 2.10 bits per heavy atom. The summed E-state index contributed by atoms with van der Waals surface area (Å²) in [4.78, 5) is 9.99. The Kier molecular flexibility index (Phi) is 4.73. The molecule has 0 fully saturated rings. The maximum atomic E-state index is 10.5. The average molecular weight is 276 g/mol. The molecule has 0 spiro atoms. The van der Waals surface area contributed by atoms with Crippen LogP contribution >= 0.6 is 0 Å². The maximum Gasteiger partial charge on any atom is 0.433 e. The number of benzene rings is 1. The first-order valence-electron chi connectivity index (χ1n) is 6.24. The number of rotatable bonds is 7. The fourth-order valence-corrected chi connectivity index (χ4v) is 1.86. The van der Waals surface area contributed by atoms with Crippen molar-refractivity contribution in [2.75, 3.05) is 19.0 Å². The van der Waals surface area contributed by atoms with E-state index in [1.165, 1.54) is 6.07 Å². The normalized spacial score (nSPS) is 10.4. The van der Waals surface area contributed by atoms with Crippen molar-refractivity contribution in [2.24, 2.45) is 0 Å². The predicted octanol–water partition coefficient (Wildman–Crippen LogP) is 2.99. The Labute approximate surface area is 116 Å². The first-order valence-corrected chi connectivity index (χ1v) is 6.24. The van der Waals surface area contributed by atoms with E-state index in [1.54, 1.807) is 13.2 Å². The minimum absolute atomic E-state index is 0.241. The molecule has 2 rings (SSSR count). The van der Waals surface area contributed by atoms with E-state index in [4.69, 9.17) is 9.15 Å². The van der Waals surface area contributed by atoms with Crippen LogP contribution in [0.15, 0.2) is 40.8 Å². The third-order valence-corrected chi connectivity index (χ3v) is 2.87. The van der Waals surface area contributed by atoms with E-state index >= 15 is 0 Å². The van der Waals surface area contributed by atoms with Gasteiger partial charge in [0.15, 0.2) is 0 Å². The van der Waals surface area contributed by atoms with Crippen LogP contribution in [0.25, 0.3) is 0 Å². The topological polar surface area (TPSA) is 77.5 Å². The first kappa shape index (κ1) is 14.1. The van der Waals surface area contributed by atoms with Crippen molar-refractivity contribution in [3.8, 4) is 0 Å². The minimum atomic E-state index is -0.546.